The second kappa shape index (κ2) is 7.69. The minimum absolute atomic E-state index is 0.0271. The maximum absolute atomic E-state index is 13.9. The van der Waals surface area contributed by atoms with Crippen molar-refractivity contribution in [2.45, 2.75) is 13.0 Å². The van der Waals surface area contributed by atoms with Crippen LogP contribution in [0.4, 0.5) is 4.39 Å². The molecule has 0 radical (unpaired) electrons. The van der Waals surface area contributed by atoms with E-state index in [0.29, 0.717) is 17.9 Å². The lowest BCUT2D eigenvalue weighted by atomic mass is 10.0. The Bertz CT molecular complexity index is 758. The lowest BCUT2D eigenvalue weighted by Gasteiger charge is -2.09. The molecule has 0 aliphatic carbocycles. The van der Waals surface area contributed by atoms with Gasteiger partial charge in [-0.1, -0.05) is 0 Å². The number of rotatable bonds is 7. The molecule has 0 aliphatic heterocycles. The maximum atomic E-state index is 13.9. The van der Waals surface area contributed by atoms with E-state index in [9.17, 15) is 14.0 Å². The summed E-state index contributed by atoms with van der Waals surface area (Å²) < 4.78 is 20.6. The molecule has 8 heteroatoms. The Kier molecular flexibility index (Phi) is 5.64. The van der Waals surface area contributed by atoms with Gasteiger partial charge < -0.3 is 15.2 Å². The van der Waals surface area contributed by atoms with Gasteiger partial charge in [-0.2, -0.15) is 5.10 Å². The summed E-state index contributed by atoms with van der Waals surface area (Å²) in [6.45, 7) is 0.278. The smallest absolute Gasteiger partial charge is 0.305 e. The van der Waals surface area contributed by atoms with Crippen molar-refractivity contribution in [1.29, 1.82) is 0 Å². The van der Waals surface area contributed by atoms with Crippen molar-refractivity contribution in [3.8, 4) is 11.3 Å². The Balaban J connectivity index is 2.30. The van der Waals surface area contributed by atoms with E-state index < -0.39 is 17.7 Å². The summed E-state index contributed by atoms with van der Waals surface area (Å²) in [4.78, 5) is 22.6. The Hall–Kier alpha value is -2.74. The van der Waals surface area contributed by atoms with Gasteiger partial charge in [0.25, 0.3) is 5.91 Å². The number of carbonyl (C=O) groups is 2. The van der Waals surface area contributed by atoms with Crippen molar-refractivity contribution in [3.05, 3.63) is 41.3 Å². The molecule has 0 aliphatic rings. The quantitative estimate of drug-likeness (QED) is 0.801. The van der Waals surface area contributed by atoms with Gasteiger partial charge in [0, 0.05) is 37.4 Å². The molecular weight excluding hydrogens is 317 g/mol. The predicted octanol–water partition coefficient (Wildman–Crippen LogP) is 1.58. The highest BCUT2D eigenvalue weighted by atomic mass is 19.1. The minimum Gasteiger partial charge on any atom is -0.481 e. The van der Waals surface area contributed by atoms with Gasteiger partial charge in [0.05, 0.1) is 24.9 Å². The Morgan fingerprint density at radius 3 is 2.79 bits per heavy atom. The highest BCUT2D eigenvalue weighted by molar-refractivity contribution is 5.95. The van der Waals surface area contributed by atoms with E-state index in [1.807, 2.05) is 0 Å². The average molecular weight is 335 g/mol. The van der Waals surface area contributed by atoms with Crippen LogP contribution in [0.1, 0.15) is 22.3 Å². The van der Waals surface area contributed by atoms with E-state index in [2.05, 4.69) is 10.4 Å². The number of hydrogen-bond acceptors (Lipinski definition) is 4. The summed E-state index contributed by atoms with van der Waals surface area (Å²) in [5.41, 5.74) is 2.02. The molecule has 0 atom stereocenters. The van der Waals surface area contributed by atoms with Crippen molar-refractivity contribution < 1.29 is 23.8 Å². The number of methoxy groups -OCH3 is 1. The van der Waals surface area contributed by atoms with Gasteiger partial charge >= 0.3 is 5.97 Å². The Morgan fingerprint density at radius 1 is 1.38 bits per heavy atom. The summed E-state index contributed by atoms with van der Waals surface area (Å²) in [6, 6.07) is 3.95. The zero-order valence-corrected chi connectivity index (χ0v) is 13.4. The van der Waals surface area contributed by atoms with Crippen molar-refractivity contribution >= 4 is 11.9 Å². The molecule has 1 amide bonds. The first-order chi connectivity index (χ1) is 11.4. The average Bonchev–Trinajstić information content (AvgIpc) is 2.87. The first-order valence-electron chi connectivity index (χ1n) is 7.23. The largest absolute Gasteiger partial charge is 0.481 e. The molecule has 1 aromatic heterocycles. The summed E-state index contributed by atoms with van der Waals surface area (Å²) in [5, 5.41) is 15.2. The lowest BCUT2D eigenvalue weighted by molar-refractivity contribution is -0.136. The number of nitrogens with zero attached hydrogens (tertiary/aromatic N) is 2. The van der Waals surface area contributed by atoms with Gasteiger partial charge in [-0.3, -0.25) is 14.3 Å². The number of ether oxygens (including phenoxy) is 1. The topological polar surface area (TPSA) is 93.5 Å². The van der Waals surface area contributed by atoms with Crippen LogP contribution in [0.5, 0.6) is 0 Å². The molecule has 2 N–H and O–H groups in total. The van der Waals surface area contributed by atoms with E-state index in [4.69, 9.17) is 9.84 Å². The van der Waals surface area contributed by atoms with E-state index in [1.54, 1.807) is 25.0 Å². The molecule has 7 nitrogen and oxygen atoms in total. The number of aromatic nitrogens is 2. The van der Waals surface area contributed by atoms with Crippen LogP contribution in [-0.2, 0) is 23.2 Å². The summed E-state index contributed by atoms with van der Waals surface area (Å²) in [5.74, 6) is -2.12. The number of aryl methyl sites for hydroxylation is 1. The number of carboxylic acids is 1. The van der Waals surface area contributed by atoms with Gasteiger partial charge in [0.1, 0.15) is 5.82 Å². The molecule has 0 saturated heterocycles. The number of nitrogens with one attached hydrogen (secondary N) is 1. The number of benzene rings is 1. The van der Waals surface area contributed by atoms with E-state index in [0.717, 1.165) is 11.6 Å². The van der Waals surface area contributed by atoms with Crippen LogP contribution in [0.3, 0.4) is 0 Å². The third kappa shape index (κ3) is 4.17. The number of aliphatic carboxylic acids is 1. The molecule has 2 aromatic rings. The molecule has 0 fully saturated rings. The Morgan fingerprint density at radius 2 is 2.12 bits per heavy atom. The minimum atomic E-state index is -1.02. The predicted molar refractivity (Wildman–Crippen MR) is 83.9 cm³/mol. The summed E-state index contributed by atoms with van der Waals surface area (Å²) >= 11 is 0. The van der Waals surface area contributed by atoms with Crippen LogP contribution in [0.25, 0.3) is 11.3 Å². The normalized spacial score (nSPS) is 10.6. The fraction of sp³-hybridized carbons (Fsp3) is 0.312. The third-order valence-electron chi connectivity index (χ3n) is 3.37. The fourth-order valence-electron chi connectivity index (χ4n) is 2.36. The molecule has 0 saturated carbocycles. The zero-order chi connectivity index (χ0) is 17.7. The van der Waals surface area contributed by atoms with E-state index in [-0.39, 0.29) is 18.5 Å². The van der Waals surface area contributed by atoms with Gasteiger partial charge in [0.2, 0.25) is 0 Å². The fourth-order valence-corrected chi connectivity index (χ4v) is 2.36. The summed E-state index contributed by atoms with van der Waals surface area (Å²) in [6.07, 6.45) is 1.42. The highest BCUT2D eigenvalue weighted by Gasteiger charge is 2.15. The molecule has 24 heavy (non-hydrogen) atoms. The second-order valence-electron chi connectivity index (χ2n) is 5.20. The highest BCUT2D eigenvalue weighted by Crippen LogP contribution is 2.26. The molecule has 1 heterocycles. The maximum Gasteiger partial charge on any atom is 0.305 e. The number of hydrogen-bond donors (Lipinski definition) is 2. The van der Waals surface area contributed by atoms with Crippen LogP contribution >= 0.6 is 0 Å². The van der Waals surface area contributed by atoms with Crippen molar-refractivity contribution in [2.24, 2.45) is 7.05 Å². The number of carbonyl (C=O) groups excluding carboxylic acids is 1. The van der Waals surface area contributed by atoms with Crippen molar-refractivity contribution in [3.63, 3.8) is 0 Å². The van der Waals surface area contributed by atoms with Crippen LogP contribution in [0.2, 0.25) is 0 Å². The van der Waals surface area contributed by atoms with Crippen LogP contribution < -0.4 is 5.32 Å². The second-order valence-corrected chi connectivity index (χ2v) is 5.20. The van der Waals surface area contributed by atoms with E-state index >= 15 is 0 Å². The van der Waals surface area contributed by atoms with Gasteiger partial charge in [-0.05, 0) is 18.2 Å². The number of halogens is 1. The number of amides is 1. The van der Waals surface area contributed by atoms with Crippen LogP contribution in [0, 0.1) is 5.82 Å². The van der Waals surface area contributed by atoms with Gasteiger partial charge in [0.15, 0.2) is 0 Å². The molecule has 0 bridgehead atoms. The summed E-state index contributed by atoms with van der Waals surface area (Å²) in [7, 11) is 3.26. The van der Waals surface area contributed by atoms with E-state index in [1.165, 1.54) is 12.1 Å². The lowest BCUT2D eigenvalue weighted by Crippen LogP contribution is -2.26. The molecular formula is C16H18FN3O4. The van der Waals surface area contributed by atoms with Gasteiger partial charge in [-0.15, -0.1) is 0 Å². The monoisotopic (exact) mass is 335 g/mol. The van der Waals surface area contributed by atoms with Crippen LogP contribution in [-0.4, -0.2) is 40.4 Å². The molecule has 0 unspecified atom stereocenters. The standard InChI is InChI=1S/C16H18FN3O4/c1-20-15(12(8-19-20)9-24-2)10-5-11(7-13(17)6-10)16(23)18-4-3-14(21)22/h5-8H,3-4,9H2,1-2H3,(H,18,23)(H,21,22). The van der Waals surface area contributed by atoms with Crippen molar-refractivity contribution in [2.75, 3.05) is 13.7 Å². The van der Waals surface area contributed by atoms with Crippen molar-refractivity contribution in [1.82, 2.24) is 15.1 Å². The molecule has 0 spiro atoms. The zero-order valence-electron chi connectivity index (χ0n) is 13.4. The van der Waals surface area contributed by atoms with Gasteiger partial charge in [-0.25, -0.2) is 4.39 Å². The number of carboxylic acid groups (broad SMARTS) is 1. The first-order valence-corrected chi connectivity index (χ1v) is 7.23. The SMILES string of the molecule is COCc1cnn(C)c1-c1cc(F)cc(C(=O)NCCC(=O)O)c1. The molecule has 2 rings (SSSR count). The molecule has 128 valence electrons. The van der Waals surface area contributed by atoms with Crippen LogP contribution in [0.15, 0.2) is 24.4 Å². The first kappa shape index (κ1) is 17.6. The Labute approximate surface area is 138 Å². The molecule has 1 aromatic carbocycles. The third-order valence-corrected chi connectivity index (χ3v) is 3.37.